The molecule has 1 aromatic heterocycles. The summed E-state index contributed by atoms with van der Waals surface area (Å²) in [5, 5.41) is 0. The summed E-state index contributed by atoms with van der Waals surface area (Å²) >= 11 is 1.85. The van der Waals surface area contributed by atoms with Crippen LogP contribution < -0.4 is 31.3 Å². The molecule has 4 aliphatic rings. The minimum atomic E-state index is -0.109. The number of hydrogen-bond acceptors (Lipinski definition) is 5. The third-order valence-electron chi connectivity index (χ3n) is 14.4. The lowest BCUT2D eigenvalue weighted by Gasteiger charge is -2.45. The fourth-order valence-corrected chi connectivity index (χ4v) is 11.8. The fourth-order valence-electron chi connectivity index (χ4n) is 10.8. The van der Waals surface area contributed by atoms with E-state index in [9.17, 15) is 0 Å². The first-order chi connectivity index (χ1) is 29.9. The predicted octanol–water partition coefficient (Wildman–Crippen LogP) is 14.5. The number of aryl methyl sites for hydroxylation is 1. The number of nitrogens with zero attached hydrogens (tertiary/aromatic N) is 3. The molecule has 0 amide bonds. The second-order valence-corrected chi connectivity index (χ2v) is 22.9. The van der Waals surface area contributed by atoms with Crippen molar-refractivity contribution in [3.63, 3.8) is 0 Å². The standard InChI is InChI=1S/C57H58BN3OS/c1-35-32-45-50-46(33-35)61-43-17-13-15-19-48(43)63-47-18-14-12-16-42(47)59(38-24-20-36(21-25-38)54(2,3)4)40-28-29-41(44(61)34-40)58(50)53-51(49-52(62-53)57(10,11)31-30-56(49,8)9)60(45)39-26-22-37(23-27-39)55(5,6)7/h12-29,32-34H,30-31H2,1-11H3. The SMILES string of the molecule is Cc1cc2c3c(c1)N(c1ccc(C(C)(C)C)cc1)c1c(oc4c1C(C)(C)CCC4(C)C)B3c1ccc3cc1N2c1ccccc1Sc1ccccc1N3c1ccc(C(C)(C)C)cc1. The van der Waals surface area contributed by atoms with Gasteiger partial charge in [0, 0.05) is 54.9 Å². The number of fused-ring (bicyclic) bond motifs is 10. The van der Waals surface area contributed by atoms with Gasteiger partial charge in [0.15, 0.2) is 0 Å². The molecule has 0 fully saturated rings. The van der Waals surface area contributed by atoms with Crippen molar-refractivity contribution < 1.29 is 4.42 Å². The van der Waals surface area contributed by atoms with Crippen LogP contribution in [-0.4, -0.2) is 6.71 Å². The van der Waals surface area contributed by atoms with E-state index in [1.54, 1.807) is 0 Å². The first kappa shape index (κ1) is 40.2. The highest BCUT2D eigenvalue weighted by molar-refractivity contribution is 7.99. The van der Waals surface area contributed by atoms with E-state index >= 15 is 0 Å². The van der Waals surface area contributed by atoms with E-state index in [0.717, 1.165) is 35.6 Å². The number of furan rings is 1. The second-order valence-electron chi connectivity index (χ2n) is 21.8. The van der Waals surface area contributed by atoms with Crippen LogP contribution in [0.1, 0.15) is 110 Å². The van der Waals surface area contributed by atoms with Gasteiger partial charge in [-0.15, -0.1) is 0 Å². The Hall–Kier alpha value is -5.59. The van der Waals surface area contributed by atoms with Crippen LogP contribution in [0.15, 0.2) is 142 Å². The smallest absolute Gasteiger partial charge is 0.297 e. The van der Waals surface area contributed by atoms with E-state index in [1.165, 1.54) is 82.8 Å². The van der Waals surface area contributed by atoms with Gasteiger partial charge < -0.3 is 19.1 Å². The van der Waals surface area contributed by atoms with E-state index in [1.807, 2.05) is 11.8 Å². The molecule has 7 aromatic rings. The molecule has 4 heterocycles. The molecule has 0 radical (unpaired) electrons. The van der Waals surface area contributed by atoms with Crippen LogP contribution in [0, 0.1) is 6.92 Å². The average molecular weight is 844 g/mol. The largest absolute Gasteiger partial charge is 0.472 e. The molecule has 0 N–H and O–H groups in total. The second kappa shape index (κ2) is 13.7. The highest BCUT2D eigenvalue weighted by atomic mass is 32.2. The summed E-state index contributed by atoms with van der Waals surface area (Å²) in [4.78, 5) is 10.0. The van der Waals surface area contributed by atoms with Gasteiger partial charge in [-0.3, -0.25) is 0 Å². The molecule has 3 aliphatic heterocycles. The van der Waals surface area contributed by atoms with Crippen LogP contribution in [0.3, 0.4) is 0 Å². The van der Waals surface area contributed by atoms with Gasteiger partial charge in [-0.2, -0.15) is 0 Å². The third kappa shape index (κ3) is 6.18. The summed E-state index contributed by atoms with van der Waals surface area (Å²) in [6.45, 7) is 25.6. The van der Waals surface area contributed by atoms with Gasteiger partial charge in [0.2, 0.25) is 0 Å². The van der Waals surface area contributed by atoms with Crippen molar-refractivity contribution in [1.29, 1.82) is 0 Å². The van der Waals surface area contributed by atoms with Gasteiger partial charge in [-0.05, 0) is 136 Å². The molecule has 0 spiro atoms. The number of rotatable bonds is 2. The van der Waals surface area contributed by atoms with Crippen molar-refractivity contribution in [2.75, 3.05) is 14.7 Å². The van der Waals surface area contributed by atoms with E-state index in [-0.39, 0.29) is 28.4 Å². The molecule has 11 rings (SSSR count). The van der Waals surface area contributed by atoms with Gasteiger partial charge >= 0.3 is 0 Å². The molecule has 316 valence electrons. The van der Waals surface area contributed by atoms with Crippen LogP contribution >= 0.6 is 11.8 Å². The lowest BCUT2D eigenvalue weighted by atomic mass is 9.35. The molecular weight excluding hydrogens is 786 g/mol. The number of benzene rings is 6. The van der Waals surface area contributed by atoms with E-state index in [2.05, 4.69) is 218 Å². The lowest BCUT2D eigenvalue weighted by molar-refractivity contribution is 0.282. The summed E-state index contributed by atoms with van der Waals surface area (Å²) in [5.41, 5.74) is 19.4. The zero-order valence-corrected chi connectivity index (χ0v) is 39.6. The maximum atomic E-state index is 7.60. The Bertz CT molecular complexity index is 2980. The topological polar surface area (TPSA) is 22.9 Å². The normalized spacial score (nSPS) is 16.7. The van der Waals surface area contributed by atoms with Crippen LogP contribution in [-0.2, 0) is 21.7 Å². The monoisotopic (exact) mass is 843 g/mol. The Morgan fingerprint density at radius 3 is 1.63 bits per heavy atom. The molecule has 0 unspecified atom stereocenters. The lowest BCUT2D eigenvalue weighted by Crippen LogP contribution is -2.61. The van der Waals surface area contributed by atoms with Crippen molar-refractivity contribution >= 4 is 86.2 Å². The fraction of sp³-hybridized carbons (Fsp3) is 0.298. The minimum Gasteiger partial charge on any atom is -0.472 e. The maximum absolute atomic E-state index is 7.60. The van der Waals surface area contributed by atoms with Gasteiger partial charge in [-0.1, -0.05) is 136 Å². The molecular formula is C57H58BN3OS. The van der Waals surface area contributed by atoms with E-state index in [0.29, 0.717) is 0 Å². The zero-order valence-electron chi connectivity index (χ0n) is 38.8. The Kier molecular flexibility index (Phi) is 8.75. The number of hydrogen-bond donors (Lipinski definition) is 0. The molecule has 63 heavy (non-hydrogen) atoms. The molecule has 1 aliphatic carbocycles. The first-order valence-electron chi connectivity index (χ1n) is 22.8. The number of anilines is 9. The molecule has 6 heteroatoms. The maximum Gasteiger partial charge on any atom is 0.297 e. The molecule has 6 aromatic carbocycles. The summed E-state index contributed by atoms with van der Waals surface area (Å²) in [7, 11) is 0. The van der Waals surface area contributed by atoms with Gasteiger partial charge in [0.25, 0.3) is 6.71 Å². The van der Waals surface area contributed by atoms with Crippen molar-refractivity contribution in [3.8, 4) is 0 Å². The Balaban J connectivity index is 1.23. The Labute approximate surface area is 379 Å². The van der Waals surface area contributed by atoms with Crippen LogP contribution in [0.2, 0.25) is 0 Å². The van der Waals surface area contributed by atoms with Gasteiger partial charge in [0.1, 0.15) is 5.76 Å². The molecule has 0 atom stereocenters. The van der Waals surface area contributed by atoms with E-state index in [4.69, 9.17) is 4.42 Å². The van der Waals surface area contributed by atoms with Gasteiger partial charge in [-0.25, -0.2) is 0 Å². The Morgan fingerprint density at radius 1 is 0.540 bits per heavy atom. The number of para-hydroxylation sites is 2. The highest BCUT2D eigenvalue weighted by Crippen LogP contribution is 2.56. The first-order valence-corrected chi connectivity index (χ1v) is 23.7. The van der Waals surface area contributed by atoms with Crippen LogP contribution in [0.25, 0.3) is 0 Å². The van der Waals surface area contributed by atoms with Crippen LogP contribution in [0.5, 0.6) is 0 Å². The summed E-state index contributed by atoms with van der Waals surface area (Å²) in [5.74, 6) is 1.14. The molecule has 0 saturated heterocycles. The average Bonchev–Trinajstić information content (AvgIpc) is 3.66. The van der Waals surface area contributed by atoms with Gasteiger partial charge in [0.05, 0.1) is 22.7 Å². The minimum absolute atomic E-state index is 0.0447. The summed E-state index contributed by atoms with van der Waals surface area (Å²) in [6.07, 6.45) is 2.18. The van der Waals surface area contributed by atoms with Crippen molar-refractivity contribution in [3.05, 3.63) is 155 Å². The summed E-state index contributed by atoms with van der Waals surface area (Å²) in [6, 6.07) is 48.6. The zero-order chi connectivity index (χ0) is 44.0. The molecule has 2 bridgehead atoms. The van der Waals surface area contributed by atoms with E-state index < -0.39 is 0 Å². The van der Waals surface area contributed by atoms with Crippen molar-refractivity contribution in [1.82, 2.24) is 0 Å². The van der Waals surface area contributed by atoms with Crippen LogP contribution in [0.4, 0.5) is 51.2 Å². The highest BCUT2D eigenvalue weighted by Gasteiger charge is 2.52. The molecule has 0 saturated carbocycles. The summed E-state index contributed by atoms with van der Waals surface area (Å²) < 4.78 is 7.60. The van der Waals surface area contributed by atoms with Crippen molar-refractivity contribution in [2.45, 2.75) is 120 Å². The quantitative estimate of drug-likeness (QED) is 0.161. The molecule has 4 nitrogen and oxygen atoms in total. The Morgan fingerprint density at radius 2 is 1.05 bits per heavy atom. The third-order valence-corrected chi connectivity index (χ3v) is 15.5. The predicted molar refractivity (Wildman–Crippen MR) is 269 cm³/mol. The van der Waals surface area contributed by atoms with Crippen molar-refractivity contribution in [2.24, 2.45) is 0 Å².